The van der Waals surface area contributed by atoms with Gasteiger partial charge in [0.05, 0.1) is 22.6 Å². The minimum Gasteiger partial charge on any atom is -0.369 e. The Kier molecular flexibility index (Phi) is 5.87. The lowest BCUT2D eigenvalue weighted by Gasteiger charge is -2.38. The molecule has 1 fully saturated rings. The summed E-state index contributed by atoms with van der Waals surface area (Å²) >= 11 is 0. The Balaban J connectivity index is 1.58. The van der Waals surface area contributed by atoms with Crippen LogP contribution in [0.2, 0.25) is 0 Å². The monoisotopic (exact) mass is 379 g/mol. The SMILES string of the molecule is CC(C(=O)Nc1cccc(C#N)c1)N1CCN(c2cccc([N+](=O)[O-])c2)CC1. The van der Waals surface area contributed by atoms with Gasteiger partial charge in [-0.3, -0.25) is 19.8 Å². The molecule has 0 spiro atoms. The second-order valence-electron chi connectivity index (χ2n) is 6.66. The third kappa shape index (κ3) is 4.45. The van der Waals surface area contributed by atoms with Gasteiger partial charge in [-0.25, -0.2) is 0 Å². The van der Waals surface area contributed by atoms with Crippen molar-refractivity contribution in [3.05, 3.63) is 64.2 Å². The molecule has 8 nitrogen and oxygen atoms in total. The van der Waals surface area contributed by atoms with Crippen LogP contribution in [0.1, 0.15) is 12.5 Å². The van der Waals surface area contributed by atoms with Gasteiger partial charge in [-0.1, -0.05) is 12.1 Å². The first-order chi connectivity index (χ1) is 13.5. The molecular weight excluding hydrogens is 358 g/mol. The molecule has 28 heavy (non-hydrogen) atoms. The van der Waals surface area contributed by atoms with Gasteiger partial charge in [0, 0.05) is 49.7 Å². The van der Waals surface area contributed by atoms with Gasteiger partial charge < -0.3 is 10.2 Å². The number of benzene rings is 2. The summed E-state index contributed by atoms with van der Waals surface area (Å²) in [6.45, 7) is 4.57. The Hall–Kier alpha value is -3.44. The van der Waals surface area contributed by atoms with Crippen LogP contribution in [0.3, 0.4) is 0 Å². The number of hydrogen-bond acceptors (Lipinski definition) is 6. The number of carbonyl (C=O) groups is 1. The highest BCUT2D eigenvalue weighted by atomic mass is 16.6. The molecule has 1 amide bonds. The van der Waals surface area contributed by atoms with Crippen molar-refractivity contribution in [1.29, 1.82) is 5.26 Å². The van der Waals surface area contributed by atoms with Gasteiger partial charge >= 0.3 is 0 Å². The molecule has 3 rings (SSSR count). The van der Waals surface area contributed by atoms with Crippen LogP contribution in [0.4, 0.5) is 17.1 Å². The van der Waals surface area contributed by atoms with Crippen molar-refractivity contribution in [2.24, 2.45) is 0 Å². The summed E-state index contributed by atoms with van der Waals surface area (Å²) in [6, 6.07) is 15.2. The van der Waals surface area contributed by atoms with E-state index in [0.29, 0.717) is 37.4 Å². The fourth-order valence-corrected chi connectivity index (χ4v) is 3.25. The van der Waals surface area contributed by atoms with Gasteiger partial charge in [0.25, 0.3) is 5.69 Å². The number of amides is 1. The van der Waals surface area contributed by atoms with Gasteiger partial charge in [0.2, 0.25) is 5.91 Å². The number of hydrogen-bond donors (Lipinski definition) is 1. The fourth-order valence-electron chi connectivity index (χ4n) is 3.25. The maximum atomic E-state index is 12.6. The molecule has 1 atom stereocenters. The van der Waals surface area contributed by atoms with E-state index in [9.17, 15) is 14.9 Å². The molecule has 0 aliphatic carbocycles. The zero-order chi connectivity index (χ0) is 20.1. The van der Waals surface area contributed by atoms with Gasteiger partial charge in [-0.2, -0.15) is 5.26 Å². The standard InChI is InChI=1S/C20H21N5O3/c1-15(20(26)22-17-5-2-4-16(12-17)14-21)23-8-10-24(11-9-23)18-6-3-7-19(13-18)25(27)28/h2-7,12-13,15H,8-11H2,1H3,(H,22,26). The molecule has 1 heterocycles. The van der Waals surface area contributed by atoms with E-state index in [1.807, 2.05) is 13.0 Å². The highest BCUT2D eigenvalue weighted by Gasteiger charge is 2.26. The molecule has 1 aliphatic heterocycles. The predicted octanol–water partition coefficient (Wildman–Crippen LogP) is 2.62. The maximum Gasteiger partial charge on any atom is 0.271 e. The summed E-state index contributed by atoms with van der Waals surface area (Å²) in [7, 11) is 0. The van der Waals surface area contributed by atoms with E-state index in [2.05, 4.69) is 21.2 Å². The Bertz CT molecular complexity index is 916. The van der Waals surface area contributed by atoms with Crippen LogP contribution >= 0.6 is 0 Å². The first-order valence-corrected chi connectivity index (χ1v) is 9.02. The van der Waals surface area contributed by atoms with Gasteiger partial charge in [-0.05, 0) is 31.2 Å². The third-order valence-corrected chi connectivity index (χ3v) is 4.91. The van der Waals surface area contributed by atoms with Crippen molar-refractivity contribution in [1.82, 2.24) is 4.90 Å². The molecule has 1 aliphatic rings. The Morgan fingerprint density at radius 1 is 1.18 bits per heavy atom. The molecule has 1 N–H and O–H groups in total. The first-order valence-electron chi connectivity index (χ1n) is 9.02. The summed E-state index contributed by atoms with van der Waals surface area (Å²) in [4.78, 5) is 27.3. The highest BCUT2D eigenvalue weighted by Crippen LogP contribution is 2.23. The van der Waals surface area contributed by atoms with Crippen molar-refractivity contribution in [3.8, 4) is 6.07 Å². The Labute approximate surface area is 163 Å². The molecule has 0 radical (unpaired) electrons. The molecule has 0 bridgehead atoms. The second-order valence-corrected chi connectivity index (χ2v) is 6.66. The smallest absolute Gasteiger partial charge is 0.271 e. The summed E-state index contributed by atoms with van der Waals surface area (Å²) < 4.78 is 0. The number of rotatable bonds is 5. The largest absolute Gasteiger partial charge is 0.369 e. The van der Waals surface area contributed by atoms with E-state index >= 15 is 0 Å². The summed E-state index contributed by atoms with van der Waals surface area (Å²) in [5.74, 6) is -0.126. The number of anilines is 2. The molecule has 1 unspecified atom stereocenters. The van der Waals surface area contributed by atoms with E-state index in [-0.39, 0.29) is 17.6 Å². The van der Waals surface area contributed by atoms with E-state index in [1.54, 1.807) is 36.4 Å². The Morgan fingerprint density at radius 3 is 2.57 bits per heavy atom. The van der Waals surface area contributed by atoms with Crippen LogP contribution in [0.25, 0.3) is 0 Å². The summed E-state index contributed by atoms with van der Waals surface area (Å²) in [5, 5.41) is 22.8. The van der Waals surface area contributed by atoms with Gasteiger partial charge in [-0.15, -0.1) is 0 Å². The molecule has 1 saturated heterocycles. The van der Waals surface area contributed by atoms with E-state index in [0.717, 1.165) is 5.69 Å². The molecule has 0 aromatic heterocycles. The van der Waals surface area contributed by atoms with Crippen LogP contribution in [0.15, 0.2) is 48.5 Å². The quantitative estimate of drug-likeness (QED) is 0.633. The molecule has 0 saturated carbocycles. The zero-order valence-corrected chi connectivity index (χ0v) is 15.5. The van der Waals surface area contributed by atoms with Crippen LogP contribution in [0.5, 0.6) is 0 Å². The second kappa shape index (κ2) is 8.50. The first kappa shape index (κ1) is 19.3. The number of non-ortho nitro benzene ring substituents is 1. The molecule has 2 aromatic carbocycles. The zero-order valence-electron chi connectivity index (χ0n) is 15.5. The van der Waals surface area contributed by atoms with Crippen molar-refractivity contribution in [3.63, 3.8) is 0 Å². The number of nitro groups is 1. The predicted molar refractivity (Wildman–Crippen MR) is 106 cm³/mol. The van der Waals surface area contributed by atoms with Crippen LogP contribution in [-0.2, 0) is 4.79 Å². The molecular formula is C20H21N5O3. The normalized spacial score (nSPS) is 15.5. The van der Waals surface area contributed by atoms with Crippen LogP contribution in [-0.4, -0.2) is 48.0 Å². The van der Waals surface area contributed by atoms with Crippen molar-refractivity contribution < 1.29 is 9.72 Å². The van der Waals surface area contributed by atoms with Crippen LogP contribution in [0, 0.1) is 21.4 Å². The minimum atomic E-state index is -0.395. The van der Waals surface area contributed by atoms with E-state index in [1.165, 1.54) is 6.07 Å². The average molecular weight is 379 g/mol. The topological polar surface area (TPSA) is 103 Å². The van der Waals surface area contributed by atoms with E-state index in [4.69, 9.17) is 5.26 Å². The van der Waals surface area contributed by atoms with Crippen LogP contribution < -0.4 is 10.2 Å². The summed E-state index contributed by atoms with van der Waals surface area (Å²) in [6.07, 6.45) is 0. The van der Waals surface area contributed by atoms with Crippen molar-refractivity contribution in [2.45, 2.75) is 13.0 Å². The van der Waals surface area contributed by atoms with Gasteiger partial charge in [0.1, 0.15) is 0 Å². The molecule has 2 aromatic rings. The number of nitro benzene ring substituents is 1. The number of nitrogens with zero attached hydrogens (tertiary/aromatic N) is 4. The number of piperazine rings is 1. The third-order valence-electron chi connectivity index (χ3n) is 4.91. The molecule has 8 heteroatoms. The number of carbonyl (C=O) groups excluding carboxylic acids is 1. The number of nitriles is 1. The lowest BCUT2D eigenvalue weighted by atomic mass is 10.1. The maximum absolute atomic E-state index is 12.6. The molecule has 144 valence electrons. The van der Waals surface area contributed by atoms with Crippen molar-refractivity contribution in [2.75, 3.05) is 36.4 Å². The average Bonchev–Trinajstić information content (AvgIpc) is 2.73. The van der Waals surface area contributed by atoms with Crippen molar-refractivity contribution >= 4 is 23.0 Å². The fraction of sp³-hybridized carbons (Fsp3) is 0.300. The number of nitrogens with one attached hydrogen (secondary N) is 1. The highest BCUT2D eigenvalue weighted by molar-refractivity contribution is 5.94. The minimum absolute atomic E-state index is 0.0762. The van der Waals surface area contributed by atoms with Gasteiger partial charge in [0.15, 0.2) is 0 Å². The van der Waals surface area contributed by atoms with E-state index < -0.39 is 4.92 Å². The Morgan fingerprint density at radius 2 is 1.89 bits per heavy atom. The summed E-state index contributed by atoms with van der Waals surface area (Å²) in [5.41, 5.74) is 1.99. The lowest BCUT2D eigenvalue weighted by Crippen LogP contribution is -2.52. The lowest BCUT2D eigenvalue weighted by molar-refractivity contribution is -0.384.